The predicted molar refractivity (Wildman–Crippen MR) is 92.3 cm³/mol. The molecule has 2 heterocycles. The summed E-state index contributed by atoms with van der Waals surface area (Å²) in [6, 6.07) is 6.06. The molecule has 24 heavy (non-hydrogen) atoms. The molecule has 0 radical (unpaired) electrons. The van der Waals surface area contributed by atoms with Gasteiger partial charge in [-0.1, -0.05) is 0 Å². The number of likely N-dealkylation sites (N-methyl/N-ethyl adjacent to an activating group) is 2. The van der Waals surface area contributed by atoms with E-state index >= 15 is 0 Å². The van der Waals surface area contributed by atoms with Gasteiger partial charge in [-0.15, -0.1) is 11.3 Å². The molecule has 0 fully saturated rings. The van der Waals surface area contributed by atoms with Crippen molar-refractivity contribution in [2.75, 3.05) is 30.9 Å². The number of anilines is 2. The van der Waals surface area contributed by atoms with Crippen molar-refractivity contribution in [2.24, 2.45) is 0 Å². The molecule has 1 aliphatic rings. The van der Waals surface area contributed by atoms with Gasteiger partial charge >= 0.3 is 11.8 Å². The Morgan fingerprint density at radius 3 is 2.75 bits per heavy atom. The monoisotopic (exact) mass is 346 g/mol. The molecular formula is C16H18N4O3S. The molecule has 126 valence electrons. The minimum absolute atomic E-state index is 0.0994. The average molecular weight is 346 g/mol. The van der Waals surface area contributed by atoms with E-state index in [1.165, 1.54) is 35.4 Å². The van der Waals surface area contributed by atoms with E-state index in [1.54, 1.807) is 12.1 Å². The lowest BCUT2D eigenvalue weighted by molar-refractivity contribution is -0.134. The molecule has 0 aliphatic carbocycles. The lowest BCUT2D eigenvalue weighted by atomic mass is 10.2. The summed E-state index contributed by atoms with van der Waals surface area (Å²) in [6.07, 6.45) is 0.847. The summed E-state index contributed by atoms with van der Waals surface area (Å²) in [4.78, 5) is 33.4. The fraction of sp³-hybridized carbons (Fsp3) is 0.312. The first-order chi connectivity index (χ1) is 11.4. The fourth-order valence-corrected chi connectivity index (χ4v) is 3.56. The standard InChI is InChI=1S/C16H18N4O3S/c1-19-8-7-12-13(9-19)24-16(17-12)18-14(22)15(23)20(2)10-3-5-11(21)6-4-10/h3-6,21H,7-9H2,1-2H3,(H,17,18,22). The molecule has 0 spiro atoms. The molecule has 0 unspecified atom stereocenters. The van der Waals surface area contributed by atoms with Crippen LogP contribution in [0.15, 0.2) is 24.3 Å². The quantitative estimate of drug-likeness (QED) is 0.804. The minimum Gasteiger partial charge on any atom is -0.508 e. The van der Waals surface area contributed by atoms with Crippen LogP contribution in [0, 0.1) is 0 Å². The predicted octanol–water partition coefficient (Wildman–Crippen LogP) is 1.44. The number of aromatic nitrogens is 1. The highest BCUT2D eigenvalue weighted by Gasteiger charge is 2.23. The van der Waals surface area contributed by atoms with Crippen molar-refractivity contribution < 1.29 is 14.7 Å². The maximum atomic E-state index is 12.2. The molecule has 1 aromatic carbocycles. The number of benzene rings is 1. The number of carbonyl (C=O) groups is 2. The molecule has 1 aromatic heterocycles. The SMILES string of the molecule is CN1CCc2nc(NC(=O)C(=O)N(C)c3ccc(O)cc3)sc2C1. The van der Waals surface area contributed by atoms with Gasteiger partial charge in [0.25, 0.3) is 0 Å². The molecule has 0 saturated heterocycles. The third-order valence-corrected chi connectivity index (χ3v) is 4.88. The van der Waals surface area contributed by atoms with Crippen molar-refractivity contribution in [1.82, 2.24) is 9.88 Å². The van der Waals surface area contributed by atoms with E-state index in [0.717, 1.165) is 30.1 Å². The highest BCUT2D eigenvalue weighted by Crippen LogP contribution is 2.27. The lowest BCUT2D eigenvalue weighted by Gasteiger charge is -2.20. The Labute approximate surface area is 143 Å². The van der Waals surface area contributed by atoms with Crippen molar-refractivity contribution in [3.8, 4) is 5.75 Å². The number of rotatable bonds is 2. The lowest BCUT2D eigenvalue weighted by Crippen LogP contribution is -2.37. The van der Waals surface area contributed by atoms with E-state index in [9.17, 15) is 14.7 Å². The number of nitrogens with one attached hydrogen (secondary N) is 1. The van der Waals surface area contributed by atoms with Gasteiger partial charge in [-0.2, -0.15) is 0 Å². The molecule has 8 heteroatoms. The number of hydrogen-bond donors (Lipinski definition) is 2. The molecule has 7 nitrogen and oxygen atoms in total. The van der Waals surface area contributed by atoms with Crippen LogP contribution in [0.4, 0.5) is 10.8 Å². The van der Waals surface area contributed by atoms with E-state index in [1.807, 2.05) is 7.05 Å². The zero-order valence-corrected chi connectivity index (χ0v) is 14.3. The van der Waals surface area contributed by atoms with Crippen LogP contribution in [-0.2, 0) is 22.6 Å². The van der Waals surface area contributed by atoms with E-state index < -0.39 is 11.8 Å². The summed E-state index contributed by atoms with van der Waals surface area (Å²) in [5, 5.41) is 12.3. The summed E-state index contributed by atoms with van der Waals surface area (Å²) < 4.78 is 0. The van der Waals surface area contributed by atoms with Gasteiger partial charge in [-0.3, -0.25) is 14.9 Å². The normalized spacial score (nSPS) is 14.1. The van der Waals surface area contributed by atoms with Gasteiger partial charge in [0.2, 0.25) is 0 Å². The van der Waals surface area contributed by atoms with Crippen molar-refractivity contribution in [3.63, 3.8) is 0 Å². The number of nitrogens with zero attached hydrogens (tertiary/aromatic N) is 3. The number of aromatic hydroxyl groups is 1. The molecule has 1 aliphatic heterocycles. The molecule has 2 amide bonds. The Kier molecular flexibility index (Phi) is 4.50. The molecule has 2 aromatic rings. The van der Waals surface area contributed by atoms with Gasteiger partial charge in [-0.05, 0) is 31.3 Å². The number of phenols is 1. The number of phenolic OH excluding ortho intramolecular Hbond substituents is 1. The Morgan fingerprint density at radius 2 is 2.04 bits per heavy atom. The molecular weight excluding hydrogens is 328 g/mol. The van der Waals surface area contributed by atoms with Crippen LogP contribution in [0.1, 0.15) is 10.6 Å². The van der Waals surface area contributed by atoms with Gasteiger partial charge in [-0.25, -0.2) is 4.98 Å². The third-order valence-electron chi connectivity index (χ3n) is 3.88. The van der Waals surface area contributed by atoms with E-state index in [-0.39, 0.29) is 5.75 Å². The number of fused-ring (bicyclic) bond motifs is 1. The van der Waals surface area contributed by atoms with Crippen LogP contribution >= 0.6 is 11.3 Å². The minimum atomic E-state index is -0.731. The fourth-order valence-electron chi connectivity index (χ4n) is 2.47. The van der Waals surface area contributed by atoms with Crippen molar-refractivity contribution >= 4 is 34.0 Å². The number of thiazole rings is 1. The number of carbonyl (C=O) groups excluding carboxylic acids is 2. The topological polar surface area (TPSA) is 85.8 Å². The van der Waals surface area contributed by atoms with E-state index in [2.05, 4.69) is 15.2 Å². The Balaban J connectivity index is 1.68. The second-order valence-corrected chi connectivity index (χ2v) is 6.79. The average Bonchev–Trinajstić information content (AvgIpc) is 2.95. The highest BCUT2D eigenvalue weighted by molar-refractivity contribution is 7.16. The summed E-state index contributed by atoms with van der Waals surface area (Å²) >= 11 is 1.41. The van der Waals surface area contributed by atoms with Crippen molar-refractivity contribution in [2.45, 2.75) is 13.0 Å². The Morgan fingerprint density at radius 1 is 1.33 bits per heavy atom. The maximum Gasteiger partial charge on any atom is 0.316 e. The summed E-state index contributed by atoms with van der Waals surface area (Å²) in [7, 11) is 3.55. The van der Waals surface area contributed by atoms with Crippen LogP contribution < -0.4 is 10.2 Å². The second kappa shape index (κ2) is 6.58. The van der Waals surface area contributed by atoms with Crippen LogP contribution in [0.3, 0.4) is 0 Å². The molecule has 0 saturated carbocycles. The van der Waals surface area contributed by atoms with Gasteiger partial charge in [0.1, 0.15) is 5.75 Å². The first-order valence-corrected chi connectivity index (χ1v) is 8.31. The number of amides is 2. The summed E-state index contributed by atoms with van der Waals surface area (Å²) in [5.74, 6) is -1.32. The zero-order chi connectivity index (χ0) is 17.3. The smallest absolute Gasteiger partial charge is 0.316 e. The third kappa shape index (κ3) is 3.39. The van der Waals surface area contributed by atoms with Gasteiger partial charge in [0, 0.05) is 37.1 Å². The zero-order valence-electron chi connectivity index (χ0n) is 13.4. The van der Waals surface area contributed by atoms with Gasteiger partial charge in [0.15, 0.2) is 5.13 Å². The Hall–Kier alpha value is -2.45. The van der Waals surface area contributed by atoms with Crippen LogP contribution in [-0.4, -0.2) is 47.4 Å². The van der Waals surface area contributed by atoms with Crippen molar-refractivity contribution in [3.05, 3.63) is 34.8 Å². The Bertz CT molecular complexity index is 772. The van der Waals surface area contributed by atoms with Crippen molar-refractivity contribution in [1.29, 1.82) is 0 Å². The molecule has 3 rings (SSSR count). The van der Waals surface area contributed by atoms with E-state index in [0.29, 0.717) is 10.8 Å². The molecule has 0 atom stereocenters. The molecule has 0 bridgehead atoms. The first kappa shape index (κ1) is 16.4. The van der Waals surface area contributed by atoms with Crippen LogP contribution in [0.5, 0.6) is 5.75 Å². The summed E-state index contributed by atoms with van der Waals surface area (Å²) in [5.41, 5.74) is 1.51. The highest BCUT2D eigenvalue weighted by atomic mass is 32.1. The van der Waals surface area contributed by atoms with Gasteiger partial charge in [0.05, 0.1) is 5.69 Å². The van der Waals surface area contributed by atoms with Crippen LogP contribution in [0.2, 0.25) is 0 Å². The first-order valence-electron chi connectivity index (χ1n) is 7.49. The number of hydrogen-bond acceptors (Lipinski definition) is 6. The van der Waals surface area contributed by atoms with E-state index in [4.69, 9.17) is 0 Å². The second-order valence-electron chi connectivity index (χ2n) is 5.71. The largest absolute Gasteiger partial charge is 0.508 e. The van der Waals surface area contributed by atoms with Crippen LogP contribution in [0.25, 0.3) is 0 Å². The summed E-state index contributed by atoms with van der Waals surface area (Å²) in [6.45, 7) is 1.75. The maximum absolute atomic E-state index is 12.2. The molecule has 2 N–H and O–H groups in total. The van der Waals surface area contributed by atoms with Gasteiger partial charge < -0.3 is 14.9 Å².